The number of nitrogens with one attached hydrogen (secondary N) is 1. The van der Waals surface area contributed by atoms with Gasteiger partial charge in [-0.2, -0.15) is 13.2 Å². The highest BCUT2D eigenvalue weighted by atomic mass is 32.2. The summed E-state index contributed by atoms with van der Waals surface area (Å²) in [5, 5.41) is 2.81. The molecule has 0 fully saturated rings. The molecule has 0 aliphatic heterocycles. The lowest BCUT2D eigenvalue weighted by Crippen LogP contribution is -2.19. The van der Waals surface area contributed by atoms with Crippen LogP contribution in [0.2, 0.25) is 0 Å². The van der Waals surface area contributed by atoms with E-state index in [0.29, 0.717) is 28.9 Å². The van der Waals surface area contributed by atoms with E-state index in [1.807, 2.05) is 0 Å². The number of ketones is 1. The molecule has 2 aromatic carbocycles. The van der Waals surface area contributed by atoms with Gasteiger partial charge in [-0.25, -0.2) is 4.98 Å². The Morgan fingerprint density at radius 2 is 1.74 bits per heavy atom. The van der Waals surface area contributed by atoms with Gasteiger partial charge in [-0.15, -0.1) is 0 Å². The standard InChI is InChI=1S/C22H20F3N3O2S/c1-2-20(30)27-17-10-8-16(9-11-17)19(29)13-31-21-26-12-18(15-6-4-3-5-7-15)28(21)14-22(23,24)25/h3-12H,2,13-14H2,1H3,(H,27,30). The Labute approximate surface area is 181 Å². The first-order valence-corrected chi connectivity index (χ1v) is 10.5. The number of hydrogen-bond donors (Lipinski definition) is 1. The Bertz CT molecular complexity index is 1050. The van der Waals surface area contributed by atoms with Crippen molar-refractivity contribution in [3.8, 4) is 11.3 Å². The summed E-state index contributed by atoms with van der Waals surface area (Å²) in [7, 11) is 0. The summed E-state index contributed by atoms with van der Waals surface area (Å²) in [6.45, 7) is 0.538. The van der Waals surface area contributed by atoms with E-state index >= 15 is 0 Å². The highest BCUT2D eigenvalue weighted by molar-refractivity contribution is 7.99. The molecule has 0 bridgehead atoms. The summed E-state index contributed by atoms with van der Waals surface area (Å²) in [5.74, 6) is -0.453. The molecule has 3 aromatic rings. The predicted octanol–water partition coefficient (Wildman–Crippen LogP) is 5.44. The Kier molecular flexibility index (Phi) is 7.17. The van der Waals surface area contributed by atoms with Gasteiger partial charge in [0.2, 0.25) is 5.91 Å². The van der Waals surface area contributed by atoms with Crippen LogP contribution in [0.4, 0.5) is 18.9 Å². The minimum atomic E-state index is -4.43. The molecule has 162 valence electrons. The van der Waals surface area contributed by atoms with Crippen LogP contribution in [-0.2, 0) is 11.3 Å². The van der Waals surface area contributed by atoms with Crippen molar-refractivity contribution in [2.75, 3.05) is 11.1 Å². The third-order valence-electron chi connectivity index (χ3n) is 4.37. The normalized spacial score (nSPS) is 11.4. The number of alkyl halides is 3. The third-order valence-corrected chi connectivity index (χ3v) is 5.36. The molecule has 0 aliphatic carbocycles. The number of benzene rings is 2. The van der Waals surface area contributed by atoms with Crippen LogP contribution >= 0.6 is 11.8 Å². The Hall–Kier alpha value is -3.07. The van der Waals surface area contributed by atoms with Gasteiger partial charge < -0.3 is 9.88 Å². The van der Waals surface area contributed by atoms with E-state index in [4.69, 9.17) is 0 Å². The van der Waals surface area contributed by atoms with E-state index < -0.39 is 12.7 Å². The van der Waals surface area contributed by atoms with Crippen LogP contribution in [-0.4, -0.2) is 33.2 Å². The lowest BCUT2D eigenvalue weighted by Gasteiger charge is -2.14. The monoisotopic (exact) mass is 447 g/mol. The minimum Gasteiger partial charge on any atom is -0.326 e. The number of nitrogens with zero attached hydrogens (tertiary/aromatic N) is 2. The summed E-state index contributed by atoms with van der Waals surface area (Å²) < 4.78 is 40.6. The van der Waals surface area contributed by atoms with Crippen LogP contribution in [0.15, 0.2) is 66.0 Å². The Morgan fingerprint density at radius 3 is 2.35 bits per heavy atom. The Balaban J connectivity index is 1.74. The second kappa shape index (κ2) is 9.82. The molecular formula is C22H20F3N3O2S. The molecule has 5 nitrogen and oxygen atoms in total. The fraction of sp³-hybridized carbons (Fsp3) is 0.227. The summed E-state index contributed by atoms with van der Waals surface area (Å²) in [6.07, 6.45) is -2.70. The molecule has 1 N–H and O–H groups in total. The minimum absolute atomic E-state index is 0.0657. The number of aromatic nitrogens is 2. The predicted molar refractivity (Wildman–Crippen MR) is 114 cm³/mol. The first-order chi connectivity index (χ1) is 14.8. The quantitative estimate of drug-likeness (QED) is 0.369. The molecule has 31 heavy (non-hydrogen) atoms. The fourth-order valence-electron chi connectivity index (χ4n) is 2.85. The van der Waals surface area contributed by atoms with E-state index in [2.05, 4.69) is 10.3 Å². The van der Waals surface area contributed by atoms with Crippen LogP contribution in [0.25, 0.3) is 11.3 Å². The van der Waals surface area contributed by atoms with Crippen molar-refractivity contribution in [3.63, 3.8) is 0 Å². The summed E-state index contributed by atoms with van der Waals surface area (Å²) in [4.78, 5) is 28.1. The SMILES string of the molecule is CCC(=O)Nc1ccc(C(=O)CSc2ncc(-c3ccccc3)n2CC(F)(F)F)cc1. The molecule has 0 unspecified atom stereocenters. The largest absolute Gasteiger partial charge is 0.406 e. The molecule has 9 heteroatoms. The highest BCUT2D eigenvalue weighted by Crippen LogP contribution is 2.30. The molecule has 0 radical (unpaired) electrons. The van der Waals surface area contributed by atoms with Crippen molar-refractivity contribution in [1.29, 1.82) is 0 Å². The number of Topliss-reactive ketones (excluding diaryl/α,β-unsaturated/α-hetero) is 1. The maximum absolute atomic E-state index is 13.2. The summed E-state index contributed by atoms with van der Waals surface area (Å²) in [6, 6.07) is 15.1. The number of amides is 1. The highest BCUT2D eigenvalue weighted by Gasteiger charge is 2.31. The van der Waals surface area contributed by atoms with Crippen molar-refractivity contribution in [2.45, 2.75) is 31.2 Å². The topological polar surface area (TPSA) is 64.0 Å². The van der Waals surface area contributed by atoms with Crippen LogP contribution in [0.5, 0.6) is 0 Å². The van der Waals surface area contributed by atoms with Gasteiger partial charge in [0.1, 0.15) is 6.54 Å². The average molecular weight is 447 g/mol. The molecule has 0 saturated carbocycles. The number of halogens is 3. The lowest BCUT2D eigenvalue weighted by molar-refractivity contribution is -0.141. The summed E-state index contributed by atoms with van der Waals surface area (Å²) in [5.41, 5.74) is 1.93. The van der Waals surface area contributed by atoms with E-state index in [1.54, 1.807) is 61.5 Å². The van der Waals surface area contributed by atoms with Gasteiger partial charge in [-0.05, 0) is 29.8 Å². The van der Waals surface area contributed by atoms with Crippen molar-refractivity contribution < 1.29 is 22.8 Å². The molecule has 0 atom stereocenters. The zero-order valence-corrected chi connectivity index (χ0v) is 17.5. The van der Waals surface area contributed by atoms with Gasteiger partial charge >= 0.3 is 6.18 Å². The first-order valence-electron chi connectivity index (χ1n) is 9.50. The Morgan fingerprint density at radius 1 is 1.06 bits per heavy atom. The van der Waals surface area contributed by atoms with Crippen molar-refractivity contribution >= 4 is 29.1 Å². The molecular weight excluding hydrogens is 427 g/mol. The third kappa shape index (κ3) is 6.21. The first kappa shape index (κ1) is 22.6. The van der Waals surface area contributed by atoms with Crippen molar-refractivity contribution in [1.82, 2.24) is 9.55 Å². The lowest BCUT2D eigenvalue weighted by atomic mass is 10.1. The molecule has 3 rings (SSSR count). The number of imidazole rings is 1. The number of rotatable bonds is 8. The van der Waals surface area contributed by atoms with Crippen LogP contribution in [0.1, 0.15) is 23.7 Å². The van der Waals surface area contributed by atoms with Crippen molar-refractivity contribution in [2.24, 2.45) is 0 Å². The van der Waals surface area contributed by atoms with Gasteiger partial charge in [-0.1, -0.05) is 49.0 Å². The van der Waals surface area contributed by atoms with Gasteiger partial charge in [0.15, 0.2) is 10.9 Å². The molecule has 0 aliphatic rings. The van der Waals surface area contributed by atoms with Gasteiger partial charge in [-0.3, -0.25) is 9.59 Å². The average Bonchev–Trinajstić information content (AvgIpc) is 3.13. The number of hydrogen-bond acceptors (Lipinski definition) is 4. The van der Waals surface area contributed by atoms with E-state index in [1.165, 1.54) is 6.20 Å². The maximum atomic E-state index is 13.2. The van der Waals surface area contributed by atoms with Gasteiger partial charge in [0.25, 0.3) is 0 Å². The summed E-state index contributed by atoms with van der Waals surface area (Å²) >= 11 is 0.957. The van der Waals surface area contributed by atoms with E-state index in [-0.39, 0.29) is 22.6 Å². The van der Waals surface area contributed by atoms with Gasteiger partial charge in [0, 0.05) is 17.7 Å². The van der Waals surface area contributed by atoms with Crippen LogP contribution < -0.4 is 5.32 Å². The number of thioether (sulfide) groups is 1. The van der Waals surface area contributed by atoms with Crippen LogP contribution in [0, 0.1) is 0 Å². The number of carbonyl (C=O) groups excluding carboxylic acids is 2. The van der Waals surface area contributed by atoms with Crippen molar-refractivity contribution in [3.05, 3.63) is 66.4 Å². The second-order valence-corrected chi connectivity index (χ2v) is 7.63. The second-order valence-electron chi connectivity index (χ2n) is 6.68. The zero-order chi connectivity index (χ0) is 22.4. The number of carbonyl (C=O) groups is 2. The molecule has 1 heterocycles. The number of anilines is 1. The molecule has 0 saturated heterocycles. The van der Waals surface area contributed by atoms with E-state index in [9.17, 15) is 22.8 Å². The fourth-order valence-corrected chi connectivity index (χ4v) is 3.72. The molecule has 1 aromatic heterocycles. The maximum Gasteiger partial charge on any atom is 0.406 e. The molecule has 1 amide bonds. The van der Waals surface area contributed by atoms with E-state index in [0.717, 1.165) is 16.3 Å². The smallest absolute Gasteiger partial charge is 0.326 e. The van der Waals surface area contributed by atoms with Gasteiger partial charge in [0.05, 0.1) is 17.6 Å². The van der Waals surface area contributed by atoms with Crippen LogP contribution in [0.3, 0.4) is 0 Å². The molecule has 0 spiro atoms. The zero-order valence-electron chi connectivity index (χ0n) is 16.6.